The molecule has 2 unspecified atom stereocenters. The van der Waals surface area contributed by atoms with Crippen LogP contribution in [-0.2, 0) is 0 Å². The Bertz CT molecular complexity index is 406. The van der Waals surface area contributed by atoms with Crippen molar-refractivity contribution in [1.82, 2.24) is 10.2 Å². The smallest absolute Gasteiger partial charge is 0.127 e. The highest BCUT2D eigenvalue weighted by molar-refractivity contribution is 5.22. The summed E-state index contributed by atoms with van der Waals surface area (Å²) >= 11 is 0. The lowest BCUT2D eigenvalue weighted by atomic mass is 9.93. The maximum atomic E-state index is 14.1. The van der Waals surface area contributed by atoms with E-state index in [0.717, 1.165) is 31.6 Å². The van der Waals surface area contributed by atoms with Crippen LogP contribution in [0.2, 0.25) is 0 Å². The molecule has 21 heavy (non-hydrogen) atoms. The highest BCUT2D eigenvalue weighted by Crippen LogP contribution is 2.25. The predicted octanol–water partition coefficient (Wildman–Crippen LogP) is 4.09. The van der Waals surface area contributed by atoms with Gasteiger partial charge in [0.2, 0.25) is 0 Å². The van der Waals surface area contributed by atoms with Crippen LogP contribution in [0.1, 0.15) is 45.7 Å². The number of nitrogens with zero attached hydrogens (tertiary/aromatic N) is 1. The average molecular weight is 294 g/mol. The summed E-state index contributed by atoms with van der Waals surface area (Å²) in [5.74, 6) is 0.902. The van der Waals surface area contributed by atoms with E-state index in [9.17, 15) is 4.39 Å². The molecule has 2 nitrogen and oxygen atoms in total. The van der Waals surface area contributed by atoms with Gasteiger partial charge in [-0.1, -0.05) is 45.9 Å². The summed E-state index contributed by atoms with van der Waals surface area (Å²) in [6.45, 7) is 11.8. The minimum atomic E-state index is -0.107. The zero-order valence-corrected chi connectivity index (χ0v) is 14.2. The molecular weight excluding hydrogens is 263 g/mol. The molecule has 1 N–H and O–H groups in total. The van der Waals surface area contributed by atoms with Gasteiger partial charge in [-0.2, -0.15) is 0 Å². The highest BCUT2D eigenvalue weighted by atomic mass is 19.1. The molecule has 1 rings (SSSR count). The van der Waals surface area contributed by atoms with Crippen molar-refractivity contribution in [3.63, 3.8) is 0 Å². The van der Waals surface area contributed by atoms with Crippen molar-refractivity contribution in [2.24, 2.45) is 11.8 Å². The standard InChI is InChI=1S/C18H31FN2/c1-6-11-20-18(16-9-7-8-10-17(16)19)15(4)13-21(5)12-14(2)3/h7-10,14-15,18,20H,6,11-13H2,1-5H3. The first kappa shape index (κ1) is 18.1. The molecule has 2 atom stereocenters. The van der Waals surface area contributed by atoms with Gasteiger partial charge in [0.05, 0.1) is 0 Å². The zero-order chi connectivity index (χ0) is 15.8. The van der Waals surface area contributed by atoms with Gasteiger partial charge in [-0.25, -0.2) is 4.39 Å². The quantitative estimate of drug-likeness (QED) is 0.738. The molecule has 1 aromatic rings. The van der Waals surface area contributed by atoms with Gasteiger partial charge in [-0.3, -0.25) is 0 Å². The van der Waals surface area contributed by atoms with Gasteiger partial charge in [0.1, 0.15) is 5.82 Å². The number of nitrogens with one attached hydrogen (secondary N) is 1. The van der Waals surface area contributed by atoms with Crippen LogP contribution in [0.25, 0.3) is 0 Å². The Hall–Kier alpha value is -0.930. The summed E-state index contributed by atoms with van der Waals surface area (Å²) in [5.41, 5.74) is 0.788. The fraction of sp³-hybridized carbons (Fsp3) is 0.667. The number of rotatable bonds is 9. The molecule has 0 fully saturated rings. The van der Waals surface area contributed by atoms with E-state index in [4.69, 9.17) is 0 Å². The van der Waals surface area contributed by atoms with E-state index < -0.39 is 0 Å². The van der Waals surface area contributed by atoms with Crippen LogP contribution in [0.3, 0.4) is 0 Å². The lowest BCUT2D eigenvalue weighted by molar-refractivity contribution is 0.225. The predicted molar refractivity (Wildman–Crippen MR) is 88.9 cm³/mol. The second-order valence-corrected chi connectivity index (χ2v) is 6.55. The Morgan fingerprint density at radius 3 is 2.38 bits per heavy atom. The Morgan fingerprint density at radius 1 is 1.14 bits per heavy atom. The van der Waals surface area contributed by atoms with Gasteiger partial charge in [0.25, 0.3) is 0 Å². The molecule has 0 aliphatic carbocycles. The molecule has 0 radical (unpaired) electrons. The Kier molecular flexibility index (Phi) is 7.91. The molecule has 120 valence electrons. The lowest BCUT2D eigenvalue weighted by Crippen LogP contribution is -2.36. The molecular formula is C18H31FN2. The summed E-state index contributed by atoms with van der Waals surface area (Å²) < 4.78 is 14.1. The third-order valence-corrected chi connectivity index (χ3v) is 3.70. The molecule has 0 spiro atoms. The summed E-state index contributed by atoms with van der Waals surface area (Å²) in [5, 5.41) is 3.52. The van der Waals surface area contributed by atoms with Crippen molar-refractivity contribution in [2.45, 2.75) is 40.2 Å². The van der Waals surface area contributed by atoms with Gasteiger partial charge in [-0.15, -0.1) is 0 Å². The Labute approximate surface area is 129 Å². The SMILES string of the molecule is CCCNC(c1ccccc1F)C(C)CN(C)CC(C)C. The van der Waals surface area contributed by atoms with Crippen LogP contribution in [0.15, 0.2) is 24.3 Å². The minimum absolute atomic E-state index is 0.0702. The molecule has 1 aromatic carbocycles. The third-order valence-electron chi connectivity index (χ3n) is 3.70. The number of hydrogen-bond donors (Lipinski definition) is 1. The van der Waals surface area contributed by atoms with E-state index in [2.05, 4.69) is 45.0 Å². The zero-order valence-electron chi connectivity index (χ0n) is 14.2. The first-order valence-corrected chi connectivity index (χ1v) is 8.12. The van der Waals surface area contributed by atoms with E-state index in [1.54, 1.807) is 12.1 Å². The fourth-order valence-corrected chi connectivity index (χ4v) is 2.94. The fourth-order valence-electron chi connectivity index (χ4n) is 2.94. The lowest BCUT2D eigenvalue weighted by Gasteiger charge is -2.30. The Morgan fingerprint density at radius 2 is 1.81 bits per heavy atom. The van der Waals surface area contributed by atoms with Crippen molar-refractivity contribution in [2.75, 3.05) is 26.7 Å². The third kappa shape index (κ3) is 6.15. The number of halogens is 1. The van der Waals surface area contributed by atoms with Gasteiger partial charge >= 0.3 is 0 Å². The molecule has 0 aliphatic rings. The highest BCUT2D eigenvalue weighted by Gasteiger charge is 2.22. The summed E-state index contributed by atoms with van der Waals surface area (Å²) in [6.07, 6.45) is 1.06. The van der Waals surface area contributed by atoms with Gasteiger partial charge in [-0.05, 0) is 37.9 Å². The molecule has 0 heterocycles. The number of hydrogen-bond acceptors (Lipinski definition) is 2. The van der Waals surface area contributed by atoms with Crippen LogP contribution in [0.4, 0.5) is 4.39 Å². The minimum Gasteiger partial charge on any atom is -0.310 e. The van der Waals surface area contributed by atoms with Crippen LogP contribution in [0, 0.1) is 17.7 Å². The van der Waals surface area contributed by atoms with Crippen molar-refractivity contribution in [3.05, 3.63) is 35.6 Å². The maximum Gasteiger partial charge on any atom is 0.127 e. The van der Waals surface area contributed by atoms with Gasteiger partial charge < -0.3 is 10.2 Å². The van der Waals surface area contributed by atoms with Crippen molar-refractivity contribution in [3.8, 4) is 0 Å². The summed E-state index contributed by atoms with van der Waals surface area (Å²) in [7, 11) is 2.15. The van der Waals surface area contributed by atoms with Crippen LogP contribution >= 0.6 is 0 Å². The normalized spacial score (nSPS) is 14.7. The van der Waals surface area contributed by atoms with E-state index >= 15 is 0 Å². The maximum absolute atomic E-state index is 14.1. The second kappa shape index (κ2) is 9.16. The van der Waals surface area contributed by atoms with E-state index in [1.165, 1.54) is 0 Å². The second-order valence-electron chi connectivity index (χ2n) is 6.55. The van der Waals surface area contributed by atoms with Gasteiger partial charge in [0.15, 0.2) is 0 Å². The largest absolute Gasteiger partial charge is 0.310 e. The van der Waals surface area contributed by atoms with Gasteiger partial charge in [0, 0.05) is 24.7 Å². The van der Waals surface area contributed by atoms with E-state index in [1.807, 2.05) is 12.1 Å². The first-order chi connectivity index (χ1) is 9.95. The van der Waals surface area contributed by atoms with Crippen LogP contribution < -0.4 is 5.32 Å². The molecule has 0 aliphatic heterocycles. The molecule has 0 amide bonds. The number of benzene rings is 1. The topological polar surface area (TPSA) is 15.3 Å². The van der Waals surface area contributed by atoms with E-state index in [-0.39, 0.29) is 11.9 Å². The molecule has 0 saturated heterocycles. The molecule has 0 saturated carbocycles. The molecule has 3 heteroatoms. The Balaban J connectivity index is 2.79. The monoisotopic (exact) mass is 294 g/mol. The van der Waals surface area contributed by atoms with Crippen molar-refractivity contribution < 1.29 is 4.39 Å². The molecule has 0 aromatic heterocycles. The summed E-state index contributed by atoms with van der Waals surface area (Å²) in [6, 6.07) is 7.21. The molecule has 0 bridgehead atoms. The van der Waals surface area contributed by atoms with Crippen LogP contribution in [-0.4, -0.2) is 31.6 Å². The van der Waals surface area contributed by atoms with Crippen molar-refractivity contribution in [1.29, 1.82) is 0 Å². The van der Waals surface area contributed by atoms with Crippen molar-refractivity contribution >= 4 is 0 Å². The average Bonchev–Trinajstić information content (AvgIpc) is 2.40. The summed E-state index contributed by atoms with van der Waals surface area (Å²) in [4.78, 5) is 2.34. The van der Waals surface area contributed by atoms with Crippen LogP contribution in [0.5, 0.6) is 0 Å². The van der Waals surface area contributed by atoms with E-state index in [0.29, 0.717) is 11.8 Å². The first-order valence-electron chi connectivity index (χ1n) is 8.12.